The highest BCUT2D eigenvalue weighted by atomic mass is 19.4. The van der Waals surface area contributed by atoms with E-state index in [0.717, 1.165) is 23.8 Å². The molecule has 0 spiro atoms. The molecular weight excluding hydrogens is 345 g/mol. The highest BCUT2D eigenvalue weighted by Crippen LogP contribution is 2.29. The number of nitrogens with one attached hydrogen (secondary N) is 1. The fourth-order valence-corrected chi connectivity index (χ4v) is 2.66. The highest BCUT2D eigenvalue weighted by Gasteiger charge is 2.32. The minimum atomic E-state index is -4.55. The number of nitrogens with zero attached hydrogens (tertiary/aromatic N) is 3. The van der Waals surface area contributed by atoms with Crippen LogP contribution < -0.4 is 5.32 Å². The molecule has 5 nitrogen and oxygen atoms in total. The second-order valence-electron chi connectivity index (χ2n) is 6.81. The summed E-state index contributed by atoms with van der Waals surface area (Å²) in [6, 6.07) is 9.30. The number of aromatic nitrogens is 3. The van der Waals surface area contributed by atoms with Crippen molar-refractivity contribution in [1.82, 2.24) is 14.5 Å². The van der Waals surface area contributed by atoms with E-state index in [0.29, 0.717) is 11.5 Å². The SMILES string of the molecule is CC(C)(C)n1c(NC(=O)c2ccc(C(F)(F)F)nc2)nc2ccccc21. The molecule has 1 amide bonds. The van der Waals surface area contributed by atoms with Gasteiger partial charge in [0.25, 0.3) is 5.91 Å². The zero-order valence-electron chi connectivity index (χ0n) is 14.4. The van der Waals surface area contributed by atoms with Crippen LogP contribution in [0.4, 0.5) is 19.1 Å². The number of anilines is 1. The fourth-order valence-electron chi connectivity index (χ4n) is 2.66. The number of carbonyl (C=O) groups is 1. The van der Waals surface area contributed by atoms with Crippen molar-refractivity contribution >= 4 is 22.9 Å². The maximum absolute atomic E-state index is 12.6. The van der Waals surface area contributed by atoms with E-state index in [9.17, 15) is 18.0 Å². The van der Waals surface area contributed by atoms with E-state index in [1.54, 1.807) is 0 Å². The van der Waals surface area contributed by atoms with Crippen LogP contribution in [0, 0.1) is 0 Å². The molecule has 8 heteroatoms. The largest absolute Gasteiger partial charge is 0.433 e. The van der Waals surface area contributed by atoms with Gasteiger partial charge in [0.2, 0.25) is 5.95 Å². The number of halogens is 3. The molecule has 26 heavy (non-hydrogen) atoms. The summed E-state index contributed by atoms with van der Waals surface area (Å²) < 4.78 is 39.7. The molecule has 1 N–H and O–H groups in total. The van der Waals surface area contributed by atoms with Gasteiger partial charge in [0.05, 0.1) is 16.6 Å². The van der Waals surface area contributed by atoms with Crippen LogP contribution in [0.25, 0.3) is 11.0 Å². The summed E-state index contributed by atoms with van der Waals surface area (Å²) in [6.45, 7) is 5.91. The van der Waals surface area contributed by atoms with Gasteiger partial charge >= 0.3 is 6.18 Å². The summed E-state index contributed by atoms with van der Waals surface area (Å²) in [7, 11) is 0. The Morgan fingerprint density at radius 3 is 2.35 bits per heavy atom. The first-order chi connectivity index (χ1) is 12.1. The van der Waals surface area contributed by atoms with Crippen LogP contribution in [0.1, 0.15) is 36.8 Å². The monoisotopic (exact) mass is 362 g/mol. The summed E-state index contributed by atoms with van der Waals surface area (Å²) in [6.07, 6.45) is -3.64. The van der Waals surface area contributed by atoms with E-state index in [-0.39, 0.29) is 11.1 Å². The topological polar surface area (TPSA) is 59.8 Å². The number of para-hydroxylation sites is 2. The molecule has 1 aromatic carbocycles. The second-order valence-corrected chi connectivity index (χ2v) is 6.81. The highest BCUT2D eigenvalue weighted by molar-refractivity contribution is 6.04. The number of amides is 1. The molecule has 0 saturated heterocycles. The van der Waals surface area contributed by atoms with Gasteiger partial charge in [-0.25, -0.2) is 4.98 Å². The van der Waals surface area contributed by atoms with Crippen molar-refractivity contribution < 1.29 is 18.0 Å². The summed E-state index contributed by atoms with van der Waals surface area (Å²) in [5.74, 6) is -0.254. The minimum Gasteiger partial charge on any atom is -0.305 e. The van der Waals surface area contributed by atoms with Gasteiger partial charge in [-0.15, -0.1) is 0 Å². The molecule has 0 atom stereocenters. The van der Waals surface area contributed by atoms with Crippen molar-refractivity contribution in [3.63, 3.8) is 0 Å². The maximum Gasteiger partial charge on any atom is 0.433 e. The van der Waals surface area contributed by atoms with Crippen LogP contribution in [0.5, 0.6) is 0 Å². The Balaban J connectivity index is 1.95. The van der Waals surface area contributed by atoms with E-state index >= 15 is 0 Å². The zero-order chi connectivity index (χ0) is 19.1. The van der Waals surface area contributed by atoms with Crippen molar-refractivity contribution in [1.29, 1.82) is 0 Å². The Morgan fingerprint density at radius 1 is 1.08 bits per heavy atom. The lowest BCUT2D eigenvalue weighted by Gasteiger charge is -2.24. The summed E-state index contributed by atoms with van der Waals surface area (Å²) in [5, 5.41) is 2.67. The third kappa shape index (κ3) is 3.40. The molecule has 136 valence electrons. The van der Waals surface area contributed by atoms with Crippen molar-refractivity contribution in [3.05, 3.63) is 53.9 Å². The van der Waals surface area contributed by atoms with Gasteiger partial charge in [0.15, 0.2) is 0 Å². The van der Waals surface area contributed by atoms with Crippen LogP contribution >= 0.6 is 0 Å². The van der Waals surface area contributed by atoms with Crippen LogP contribution in [-0.2, 0) is 11.7 Å². The minimum absolute atomic E-state index is 0.0190. The van der Waals surface area contributed by atoms with Gasteiger partial charge in [0.1, 0.15) is 5.69 Å². The standard InChI is InChI=1S/C18H17F3N4O/c1-17(2,3)25-13-7-5-4-6-12(13)23-16(25)24-15(26)11-8-9-14(22-10-11)18(19,20)21/h4-10H,1-3H3,(H,23,24,26). The Hall–Kier alpha value is -2.90. The average molecular weight is 362 g/mol. The molecule has 3 aromatic rings. The first-order valence-corrected chi connectivity index (χ1v) is 7.90. The summed E-state index contributed by atoms with van der Waals surface area (Å²) in [4.78, 5) is 20.2. The summed E-state index contributed by atoms with van der Waals surface area (Å²) >= 11 is 0. The predicted molar refractivity (Wildman–Crippen MR) is 91.9 cm³/mol. The van der Waals surface area contributed by atoms with Gasteiger partial charge in [-0.1, -0.05) is 12.1 Å². The predicted octanol–water partition coefficient (Wildman–Crippen LogP) is 4.46. The first-order valence-electron chi connectivity index (χ1n) is 7.90. The van der Waals surface area contributed by atoms with Gasteiger partial charge in [-0.05, 0) is 45.0 Å². The van der Waals surface area contributed by atoms with Crippen molar-refractivity contribution in [3.8, 4) is 0 Å². The normalized spacial score (nSPS) is 12.4. The third-order valence-corrected chi connectivity index (χ3v) is 3.77. The summed E-state index contributed by atoms with van der Waals surface area (Å²) in [5.41, 5.74) is 0.169. The molecule has 0 aliphatic carbocycles. The molecule has 0 bridgehead atoms. The van der Waals surface area contributed by atoms with Crippen LogP contribution in [0.3, 0.4) is 0 Å². The smallest absolute Gasteiger partial charge is 0.305 e. The quantitative estimate of drug-likeness (QED) is 0.732. The Labute approximate surface area is 147 Å². The van der Waals surface area contributed by atoms with Crippen molar-refractivity contribution in [2.24, 2.45) is 0 Å². The van der Waals surface area contributed by atoms with Crippen LogP contribution in [-0.4, -0.2) is 20.4 Å². The number of alkyl halides is 3. The third-order valence-electron chi connectivity index (χ3n) is 3.77. The molecule has 3 rings (SSSR count). The van der Waals surface area contributed by atoms with Crippen LogP contribution in [0.15, 0.2) is 42.6 Å². The zero-order valence-corrected chi connectivity index (χ0v) is 14.4. The average Bonchev–Trinajstić information content (AvgIpc) is 2.92. The van der Waals surface area contributed by atoms with E-state index in [2.05, 4.69) is 15.3 Å². The van der Waals surface area contributed by atoms with E-state index < -0.39 is 17.8 Å². The number of imidazole rings is 1. The lowest BCUT2D eigenvalue weighted by atomic mass is 10.1. The van der Waals surface area contributed by atoms with E-state index in [1.807, 2.05) is 49.6 Å². The van der Waals surface area contributed by atoms with Crippen LogP contribution in [0.2, 0.25) is 0 Å². The lowest BCUT2D eigenvalue weighted by Crippen LogP contribution is -2.26. The molecule has 0 fully saturated rings. The number of benzene rings is 1. The lowest BCUT2D eigenvalue weighted by molar-refractivity contribution is -0.141. The molecule has 2 aromatic heterocycles. The molecule has 0 aliphatic rings. The molecular formula is C18H17F3N4O. The number of carbonyl (C=O) groups excluding carboxylic acids is 1. The first kappa shape index (κ1) is 17.9. The number of fused-ring (bicyclic) bond motifs is 1. The van der Waals surface area contributed by atoms with Gasteiger partial charge in [-0.2, -0.15) is 13.2 Å². The number of hydrogen-bond donors (Lipinski definition) is 1. The second kappa shape index (κ2) is 6.12. The molecule has 0 unspecified atom stereocenters. The Bertz CT molecular complexity index is 953. The molecule has 2 heterocycles. The number of pyridine rings is 1. The van der Waals surface area contributed by atoms with Gasteiger partial charge in [0, 0.05) is 11.7 Å². The Kier molecular flexibility index (Phi) is 4.21. The maximum atomic E-state index is 12.6. The van der Waals surface area contributed by atoms with Crippen molar-refractivity contribution in [2.75, 3.05) is 5.32 Å². The Morgan fingerprint density at radius 2 is 1.77 bits per heavy atom. The number of rotatable bonds is 2. The van der Waals surface area contributed by atoms with Gasteiger partial charge < -0.3 is 4.57 Å². The fraction of sp³-hybridized carbons (Fsp3) is 0.278. The molecule has 0 saturated carbocycles. The van der Waals surface area contributed by atoms with Crippen molar-refractivity contribution in [2.45, 2.75) is 32.5 Å². The van der Waals surface area contributed by atoms with Gasteiger partial charge in [-0.3, -0.25) is 15.1 Å². The molecule has 0 radical (unpaired) electrons. The molecule has 0 aliphatic heterocycles. The van der Waals surface area contributed by atoms with E-state index in [4.69, 9.17) is 0 Å². The van der Waals surface area contributed by atoms with E-state index in [1.165, 1.54) is 0 Å². The number of hydrogen-bond acceptors (Lipinski definition) is 3.